The number of aliphatic hydroxyl groups excluding tert-OH is 4. The molecule has 27 heavy (non-hydrogen) atoms. The molecule has 152 valence electrons. The minimum atomic E-state index is -1.60. The summed E-state index contributed by atoms with van der Waals surface area (Å²) in [6, 6.07) is 0. The number of hydrogen-bond donors (Lipinski definition) is 5. The quantitative estimate of drug-likeness (QED) is 0.288. The van der Waals surface area contributed by atoms with E-state index in [4.69, 9.17) is 9.47 Å². The number of hydrogen-bond acceptors (Lipinski definition) is 12. The lowest BCUT2D eigenvalue weighted by molar-refractivity contribution is -0.299. The van der Waals surface area contributed by atoms with E-state index in [9.17, 15) is 30.0 Å². The number of carbonyl (C=O) groups excluding carboxylic acids is 2. The molecule has 2 rings (SSSR count). The van der Waals surface area contributed by atoms with Gasteiger partial charge in [0.1, 0.15) is 35.8 Å². The van der Waals surface area contributed by atoms with E-state index in [1.54, 1.807) is 0 Å². The molecule has 1 fully saturated rings. The first-order valence-electron chi connectivity index (χ1n) is 7.97. The van der Waals surface area contributed by atoms with Crippen LogP contribution < -0.4 is 5.43 Å². The largest absolute Gasteiger partial charge is 0.464 e. The second-order valence-electron chi connectivity index (χ2n) is 5.82. The highest BCUT2D eigenvalue weighted by Crippen LogP contribution is 2.24. The monoisotopic (exact) mass is 390 g/mol. The third kappa shape index (κ3) is 4.61. The smallest absolute Gasteiger partial charge is 0.356 e. The molecule has 2 aliphatic rings. The maximum absolute atomic E-state index is 11.9. The molecule has 0 bridgehead atoms. The zero-order valence-corrected chi connectivity index (χ0v) is 14.7. The molecule has 0 radical (unpaired) electrons. The van der Waals surface area contributed by atoms with Crippen LogP contribution in [0.2, 0.25) is 0 Å². The van der Waals surface area contributed by atoms with Gasteiger partial charge in [0.2, 0.25) is 0 Å². The molecule has 12 nitrogen and oxygen atoms in total. The zero-order valence-electron chi connectivity index (χ0n) is 14.7. The van der Waals surface area contributed by atoms with Crippen LogP contribution in [0.25, 0.3) is 0 Å². The number of rotatable bonds is 6. The van der Waals surface area contributed by atoms with E-state index in [0.29, 0.717) is 0 Å². The molecule has 0 aromatic rings. The number of nitrogens with one attached hydrogen (secondary N) is 1. The van der Waals surface area contributed by atoms with Gasteiger partial charge in [-0.3, -0.25) is 5.43 Å². The highest BCUT2D eigenvalue weighted by atomic mass is 16.7. The fourth-order valence-corrected chi connectivity index (χ4v) is 2.57. The van der Waals surface area contributed by atoms with Gasteiger partial charge in [0.25, 0.3) is 0 Å². The van der Waals surface area contributed by atoms with E-state index in [-0.39, 0.29) is 30.0 Å². The summed E-state index contributed by atoms with van der Waals surface area (Å²) >= 11 is 0. The molecule has 0 aromatic heterocycles. The van der Waals surface area contributed by atoms with Gasteiger partial charge in [-0.05, 0) is 5.57 Å². The summed E-state index contributed by atoms with van der Waals surface area (Å²) < 4.78 is 19.8. The predicted octanol–water partition coefficient (Wildman–Crippen LogP) is -3.25. The van der Waals surface area contributed by atoms with Gasteiger partial charge in [-0.1, -0.05) is 0 Å². The Morgan fingerprint density at radius 2 is 1.81 bits per heavy atom. The third-order valence-corrected chi connectivity index (χ3v) is 4.12. The molecular formula is C15H22N2O10. The molecule has 1 saturated heterocycles. The normalized spacial score (nSPS) is 31.0. The molecule has 2 aliphatic heterocycles. The number of ether oxygens (including phenoxy) is 4. The van der Waals surface area contributed by atoms with Crippen molar-refractivity contribution in [3.05, 3.63) is 11.3 Å². The molecule has 5 N–H and O–H groups in total. The third-order valence-electron chi connectivity index (χ3n) is 4.12. The SMILES string of the molecule is COC(=O)C1=NNC(C(=O)OC)=C(CO[C@@H]2O[C@H](CO)[C@H](O)[C@H](O)[C@H]2O)C1. The number of nitrogens with zero attached hydrogens (tertiary/aromatic N) is 1. The Bertz CT molecular complexity index is 632. The summed E-state index contributed by atoms with van der Waals surface area (Å²) in [5, 5.41) is 42.5. The molecule has 0 aliphatic carbocycles. The molecule has 0 amide bonds. The van der Waals surface area contributed by atoms with Crippen LogP contribution >= 0.6 is 0 Å². The van der Waals surface area contributed by atoms with Crippen LogP contribution in [0.5, 0.6) is 0 Å². The molecule has 5 atom stereocenters. The highest BCUT2D eigenvalue weighted by Gasteiger charge is 2.44. The van der Waals surface area contributed by atoms with Crippen molar-refractivity contribution in [2.75, 3.05) is 27.4 Å². The lowest BCUT2D eigenvalue weighted by Crippen LogP contribution is -2.59. The first-order valence-corrected chi connectivity index (χ1v) is 7.97. The summed E-state index contributed by atoms with van der Waals surface area (Å²) in [5.41, 5.74) is 2.58. The lowest BCUT2D eigenvalue weighted by atomic mass is 9.99. The van der Waals surface area contributed by atoms with Gasteiger partial charge in [0, 0.05) is 6.42 Å². The predicted molar refractivity (Wildman–Crippen MR) is 86.0 cm³/mol. The van der Waals surface area contributed by atoms with E-state index >= 15 is 0 Å². The lowest BCUT2D eigenvalue weighted by Gasteiger charge is -2.39. The number of methoxy groups -OCH3 is 2. The van der Waals surface area contributed by atoms with Gasteiger partial charge in [-0.15, -0.1) is 0 Å². The first kappa shape index (κ1) is 21.2. The number of aliphatic hydroxyl groups is 4. The van der Waals surface area contributed by atoms with Crippen molar-refractivity contribution >= 4 is 17.7 Å². The van der Waals surface area contributed by atoms with Gasteiger partial charge >= 0.3 is 11.9 Å². The summed E-state index contributed by atoms with van der Waals surface area (Å²) in [5.74, 6) is -1.47. The second kappa shape index (κ2) is 9.21. The molecule has 12 heteroatoms. The Labute approximate surface area is 154 Å². The minimum absolute atomic E-state index is 0.0162. The van der Waals surface area contributed by atoms with E-state index in [1.165, 1.54) is 7.11 Å². The van der Waals surface area contributed by atoms with Gasteiger partial charge in [0.15, 0.2) is 6.29 Å². The van der Waals surface area contributed by atoms with Crippen LogP contribution in [0.1, 0.15) is 6.42 Å². The molecule has 0 aromatic carbocycles. The minimum Gasteiger partial charge on any atom is -0.464 e. The summed E-state index contributed by atoms with van der Waals surface area (Å²) in [7, 11) is 2.33. The van der Waals surface area contributed by atoms with Crippen molar-refractivity contribution in [3.8, 4) is 0 Å². The highest BCUT2D eigenvalue weighted by molar-refractivity contribution is 6.37. The Kier molecular flexibility index (Phi) is 7.24. The van der Waals surface area contributed by atoms with Gasteiger partial charge in [0.05, 0.1) is 27.4 Å². The van der Waals surface area contributed by atoms with Crippen LogP contribution in [0.3, 0.4) is 0 Å². The molecule has 0 saturated carbocycles. The second-order valence-corrected chi connectivity index (χ2v) is 5.82. The average molecular weight is 390 g/mol. The Morgan fingerprint density at radius 1 is 1.15 bits per heavy atom. The molecular weight excluding hydrogens is 368 g/mol. The topological polar surface area (TPSA) is 176 Å². The first-order chi connectivity index (χ1) is 12.8. The van der Waals surface area contributed by atoms with Crippen LogP contribution in [-0.2, 0) is 28.5 Å². The van der Waals surface area contributed by atoms with Crippen LogP contribution in [-0.4, -0.2) is 96.2 Å². The van der Waals surface area contributed by atoms with Crippen LogP contribution in [0, 0.1) is 0 Å². The molecule has 0 spiro atoms. The summed E-state index contributed by atoms with van der Waals surface area (Å²) in [6.45, 7) is -0.919. The van der Waals surface area contributed by atoms with Gasteiger partial charge in [-0.2, -0.15) is 5.10 Å². The number of carbonyl (C=O) groups is 2. The molecule has 0 unspecified atom stereocenters. The van der Waals surface area contributed by atoms with Crippen molar-refractivity contribution in [1.82, 2.24) is 5.43 Å². The zero-order chi connectivity index (χ0) is 20.1. The van der Waals surface area contributed by atoms with Crippen molar-refractivity contribution in [2.24, 2.45) is 5.10 Å². The Hall–Kier alpha value is -2.09. The van der Waals surface area contributed by atoms with Crippen molar-refractivity contribution in [1.29, 1.82) is 0 Å². The van der Waals surface area contributed by atoms with Crippen molar-refractivity contribution in [2.45, 2.75) is 37.1 Å². The van der Waals surface area contributed by atoms with E-state index in [1.807, 2.05) is 0 Å². The summed E-state index contributed by atoms with van der Waals surface area (Å²) in [4.78, 5) is 23.5. The van der Waals surface area contributed by atoms with Crippen LogP contribution in [0.15, 0.2) is 16.4 Å². The number of hydrazone groups is 1. The van der Waals surface area contributed by atoms with Crippen LogP contribution in [0.4, 0.5) is 0 Å². The van der Waals surface area contributed by atoms with E-state index < -0.39 is 49.3 Å². The van der Waals surface area contributed by atoms with Gasteiger partial charge in [-0.25, -0.2) is 9.59 Å². The van der Waals surface area contributed by atoms with Gasteiger partial charge < -0.3 is 39.4 Å². The van der Waals surface area contributed by atoms with Crippen molar-refractivity contribution in [3.63, 3.8) is 0 Å². The van der Waals surface area contributed by atoms with Crippen molar-refractivity contribution < 1.29 is 49.0 Å². The fourth-order valence-electron chi connectivity index (χ4n) is 2.57. The molecule has 2 heterocycles. The maximum Gasteiger partial charge on any atom is 0.356 e. The Morgan fingerprint density at radius 3 is 2.41 bits per heavy atom. The fraction of sp³-hybridized carbons (Fsp3) is 0.667. The maximum atomic E-state index is 11.9. The van der Waals surface area contributed by atoms with E-state index in [2.05, 4.69) is 20.0 Å². The summed E-state index contributed by atoms with van der Waals surface area (Å²) in [6.07, 6.45) is -7.36. The van der Waals surface area contributed by atoms with E-state index in [0.717, 1.165) is 7.11 Å². The average Bonchev–Trinajstić information content (AvgIpc) is 2.70. The Balaban J connectivity index is 2.13. The number of esters is 2. The standard InChI is InChI=1S/C15H22N2O10/c1-24-13(22)7-3-6(9(17-16-7)14(23)25-2)5-26-15-12(21)11(20)10(19)8(4-18)27-15/h8,10-12,15,17-21H,3-5H2,1-2H3/t8-,10+,11+,12-,15-/m1/s1.